The lowest BCUT2D eigenvalue weighted by atomic mass is 10.0. The maximum atomic E-state index is 12.0. The number of aliphatic hydroxyl groups excluding tert-OH is 1. The molecule has 24 heavy (non-hydrogen) atoms. The fourth-order valence-electron chi connectivity index (χ4n) is 2.41. The number of carbonyl (C=O) groups excluding carboxylic acids is 1. The van der Waals surface area contributed by atoms with Gasteiger partial charge in [0.2, 0.25) is 5.91 Å². The number of hydrogen-bond acceptors (Lipinski definition) is 3. The Labute approximate surface area is 143 Å². The average molecular weight is 327 g/mol. The summed E-state index contributed by atoms with van der Waals surface area (Å²) >= 11 is 0. The summed E-state index contributed by atoms with van der Waals surface area (Å²) in [5, 5.41) is 12.7. The molecule has 0 aliphatic carbocycles. The molecule has 1 atom stereocenters. The van der Waals surface area contributed by atoms with Crippen molar-refractivity contribution in [2.45, 2.75) is 33.3 Å². The van der Waals surface area contributed by atoms with Gasteiger partial charge in [0.15, 0.2) is 0 Å². The number of ether oxygens (including phenoxy) is 1. The zero-order valence-corrected chi connectivity index (χ0v) is 14.5. The SMILES string of the molecule is Cc1cccc(OC[C@@H](O)CNC(=O)Cc2cc(C)ccc2C)c1. The number of rotatable bonds is 7. The second-order valence-electron chi connectivity index (χ2n) is 6.19. The van der Waals surface area contributed by atoms with E-state index < -0.39 is 6.10 Å². The average Bonchev–Trinajstić information content (AvgIpc) is 2.54. The summed E-state index contributed by atoms with van der Waals surface area (Å²) in [4.78, 5) is 12.0. The van der Waals surface area contributed by atoms with Crippen molar-refractivity contribution in [2.75, 3.05) is 13.2 Å². The third-order valence-electron chi connectivity index (χ3n) is 3.82. The summed E-state index contributed by atoms with van der Waals surface area (Å²) < 4.78 is 5.53. The smallest absolute Gasteiger partial charge is 0.224 e. The van der Waals surface area contributed by atoms with Gasteiger partial charge in [-0.3, -0.25) is 4.79 Å². The lowest BCUT2D eigenvalue weighted by Gasteiger charge is -2.14. The van der Waals surface area contributed by atoms with Gasteiger partial charge in [0.25, 0.3) is 0 Å². The summed E-state index contributed by atoms with van der Waals surface area (Å²) in [5.74, 6) is 0.620. The molecule has 2 rings (SSSR count). The van der Waals surface area contributed by atoms with E-state index in [4.69, 9.17) is 4.74 Å². The van der Waals surface area contributed by atoms with Crippen LogP contribution in [-0.4, -0.2) is 30.3 Å². The van der Waals surface area contributed by atoms with Crippen molar-refractivity contribution in [1.29, 1.82) is 0 Å². The molecular formula is C20H25NO3. The van der Waals surface area contributed by atoms with Gasteiger partial charge in [-0.25, -0.2) is 0 Å². The molecule has 0 spiro atoms. The first-order valence-electron chi connectivity index (χ1n) is 8.14. The minimum Gasteiger partial charge on any atom is -0.491 e. The highest BCUT2D eigenvalue weighted by Gasteiger charge is 2.10. The van der Waals surface area contributed by atoms with Gasteiger partial charge in [-0.05, 0) is 49.6 Å². The normalized spacial score (nSPS) is 11.8. The Morgan fingerprint density at radius 2 is 1.88 bits per heavy atom. The highest BCUT2D eigenvalue weighted by molar-refractivity contribution is 5.79. The van der Waals surface area contributed by atoms with Crippen molar-refractivity contribution in [3.63, 3.8) is 0 Å². The lowest BCUT2D eigenvalue weighted by Crippen LogP contribution is -2.36. The minimum absolute atomic E-state index is 0.0988. The predicted octanol–water partition coefficient (Wildman–Crippen LogP) is 2.71. The Morgan fingerprint density at radius 1 is 1.12 bits per heavy atom. The molecule has 0 aromatic heterocycles. The topological polar surface area (TPSA) is 58.6 Å². The molecule has 0 saturated carbocycles. The van der Waals surface area contributed by atoms with Crippen LogP contribution >= 0.6 is 0 Å². The molecule has 0 fully saturated rings. The van der Waals surface area contributed by atoms with E-state index in [2.05, 4.69) is 5.32 Å². The van der Waals surface area contributed by atoms with Gasteiger partial charge in [-0.1, -0.05) is 35.9 Å². The van der Waals surface area contributed by atoms with Gasteiger partial charge in [-0.2, -0.15) is 0 Å². The van der Waals surface area contributed by atoms with Crippen molar-refractivity contribution in [3.8, 4) is 5.75 Å². The van der Waals surface area contributed by atoms with E-state index in [1.54, 1.807) is 0 Å². The number of nitrogens with one attached hydrogen (secondary N) is 1. The summed E-state index contributed by atoms with van der Waals surface area (Å²) in [6.45, 7) is 6.30. The van der Waals surface area contributed by atoms with Gasteiger partial charge in [0, 0.05) is 6.54 Å². The maximum Gasteiger partial charge on any atom is 0.224 e. The summed E-state index contributed by atoms with van der Waals surface area (Å²) in [6, 6.07) is 13.7. The molecule has 4 nitrogen and oxygen atoms in total. The van der Waals surface area contributed by atoms with Crippen molar-refractivity contribution in [1.82, 2.24) is 5.32 Å². The summed E-state index contributed by atoms with van der Waals surface area (Å²) in [7, 11) is 0. The molecule has 0 unspecified atom stereocenters. The molecule has 128 valence electrons. The van der Waals surface area contributed by atoms with Gasteiger partial charge < -0.3 is 15.2 Å². The summed E-state index contributed by atoms with van der Waals surface area (Å²) in [5.41, 5.74) is 4.34. The maximum absolute atomic E-state index is 12.0. The Morgan fingerprint density at radius 3 is 2.62 bits per heavy atom. The lowest BCUT2D eigenvalue weighted by molar-refractivity contribution is -0.121. The van der Waals surface area contributed by atoms with Gasteiger partial charge in [-0.15, -0.1) is 0 Å². The molecule has 0 saturated heterocycles. The van der Waals surface area contributed by atoms with Crippen LogP contribution in [0.15, 0.2) is 42.5 Å². The number of carbonyl (C=O) groups is 1. The van der Waals surface area contributed by atoms with E-state index in [-0.39, 0.29) is 19.1 Å². The predicted molar refractivity (Wildman–Crippen MR) is 95.3 cm³/mol. The van der Waals surface area contributed by atoms with Crippen LogP contribution in [0.3, 0.4) is 0 Å². The molecular weight excluding hydrogens is 302 g/mol. The quantitative estimate of drug-likeness (QED) is 0.822. The van der Waals surface area contributed by atoms with Crippen LogP contribution in [0.2, 0.25) is 0 Å². The van der Waals surface area contributed by atoms with Crippen LogP contribution in [0, 0.1) is 20.8 Å². The number of aliphatic hydroxyl groups is 1. The minimum atomic E-state index is -0.743. The second kappa shape index (κ2) is 8.50. The van der Waals surface area contributed by atoms with E-state index in [1.807, 2.05) is 63.2 Å². The van der Waals surface area contributed by atoms with Crippen molar-refractivity contribution in [2.24, 2.45) is 0 Å². The Hall–Kier alpha value is -2.33. The van der Waals surface area contributed by atoms with E-state index in [1.165, 1.54) is 0 Å². The van der Waals surface area contributed by atoms with E-state index in [0.29, 0.717) is 6.42 Å². The largest absolute Gasteiger partial charge is 0.491 e. The first-order valence-corrected chi connectivity index (χ1v) is 8.14. The molecule has 0 heterocycles. The van der Waals surface area contributed by atoms with Crippen LogP contribution < -0.4 is 10.1 Å². The second-order valence-corrected chi connectivity index (χ2v) is 6.19. The van der Waals surface area contributed by atoms with Crippen LogP contribution in [0.5, 0.6) is 5.75 Å². The molecule has 0 aliphatic rings. The van der Waals surface area contributed by atoms with Crippen LogP contribution in [0.25, 0.3) is 0 Å². The first kappa shape index (κ1) is 18.0. The van der Waals surface area contributed by atoms with Crippen LogP contribution in [0.4, 0.5) is 0 Å². The molecule has 2 aromatic rings. The van der Waals surface area contributed by atoms with Crippen molar-refractivity contribution >= 4 is 5.91 Å². The van der Waals surface area contributed by atoms with E-state index >= 15 is 0 Å². The molecule has 0 bridgehead atoms. The molecule has 0 radical (unpaired) electrons. The highest BCUT2D eigenvalue weighted by atomic mass is 16.5. The van der Waals surface area contributed by atoms with Gasteiger partial charge in [0.05, 0.1) is 6.42 Å². The molecule has 0 aliphatic heterocycles. The van der Waals surface area contributed by atoms with Gasteiger partial charge >= 0.3 is 0 Å². The van der Waals surface area contributed by atoms with Crippen LogP contribution in [-0.2, 0) is 11.2 Å². The zero-order valence-electron chi connectivity index (χ0n) is 14.5. The third-order valence-corrected chi connectivity index (χ3v) is 3.82. The Bertz CT molecular complexity index is 697. The fourth-order valence-corrected chi connectivity index (χ4v) is 2.41. The summed E-state index contributed by atoms with van der Waals surface area (Å²) in [6.07, 6.45) is -0.424. The molecule has 2 N–H and O–H groups in total. The monoisotopic (exact) mass is 327 g/mol. The number of amides is 1. The zero-order chi connectivity index (χ0) is 17.5. The van der Waals surface area contributed by atoms with Crippen LogP contribution in [0.1, 0.15) is 22.3 Å². The number of benzene rings is 2. The number of hydrogen-bond donors (Lipinski definition) is 2. The highest BCUT2D eigenvalue weighted by Crippen LogP contribution is 2.13. The van der Waals surface area contributed by atoms with Crippen molar-refractivity contribution < 1.29 is 14.6 Å². The fraction of sp³-hybridized carbons (Fsp3) is 0.350. The van der Waals surface area contributed by atoms with E-state index in [9.17, 15) is 9.90 Å². The van der Waals surface area contributed by atoms with E-state index in [0.717, 1.165) is 28.0 Å². The number of aryl methyl sites for hydroxylation is 3. The Kier molecular flexibility index (Phi) is 6.38. The van der Waals surface area contributed by atoms with Gasteiger partial charge in [0.1, 0.15) is 18.5 Å². The standard InChI is InChI=1S/C20H25NO3/c1-14-5-4-6-19(10-14)24-13-18(22)12-21-20(23)11-17-9-15(2)7-8-16(17)3/h4-10,18,22H,11-13H2,1-3H3,(H,21,23)/t18-/m0/s1. The first-order chi connectivity index (χ1) is 11.4. The molecule has 2 aromatic carbocycles. The Balaban J connectivity index is 1.75. The third kappa shape index (κ3) is 5.70. The molecule has 1 amide bonds. The molecule has 4 heteroatoms. The van der Waals surface area contributed by atoms with Crippen molar-refractivity contribution in [3.05, 3.63) is 64.7 Å².